The molecule has 2 rings (SSSR count). The van der Waals surface area contributed by atoms with Crippen LogP contribution in [-0.4, -0.2) is 7.11 Å². The van der Waals surface area contributed by atoms with Crippen LogP contribution in [0.15, 0.2) is 48.5 Å². The maximum atomic E-state index is 5.12. The van der Waals surface area contributed by atoms with E-state index in [0.717, 1.165) is 5.75 Å². The van der Waals surface area contributed by atoms with Gasteiger partial charge in [0.05, 0.1) is 7.11 Å². The van der Waals surface area contributed by atoms with Crippen molar-refractivity contribution in [1.82, 2.24) is 0 Å². The van der Waals surface area contributed by atoms with Gasteiger partial charge in [-0.15, -0.1) is 0 Å². The summed E-state index contributed by atoms with van der Waals surface area (Å²) >= 11 is 2.31. The summed E-state index contributed by atoms with van der Waals surface area (Å²) < 4.78 is 6.37. The Kier molecular flexibility index (Phi) is 4.20. The fourth-order valence-corrected chi connectivity index (χ4v) is 1.84. The maximum absolute atomic E-state index is 5.12. The number of benzene rings is 2. The van der Waals surface area contributed by atoms with Gasteiger partial charge in [0.15, 0.2) is 0 Å². The summed E-state index contributed by atoms with van der Waals surface area (Å²) in [5, 5.41) is 0. The maximum Gasteiger partial charge on any atom is 0.118 e. The summed E-state index contributed by atoms with van der Waals surface area (Å²) in [6.45, 7) is 0. The molecule has 0 heterocycles. The summed E-state index contributed by atoms with van der Waals surface area (Å²) in [6, 6.07) is 16.5. The first-order chi connectivity index (χ1) is 8.28. The zero-order chi connectivity index (χ0) is 12.1. The smallest absolute Gasteiger partial charge is 0.118 e. The van der Waals surface area contributed by atoms with Crippen LogP contribution in [0.25, 0.3) is 12.2 Å². The van der Waals surface area contributed by atoms with Gasteiger partial charge in [-0.3, -0.25) is 0 Å². The molecule has 0 aliphatic carbocycles. The Morgan fingerprint density at radius 3 is 1.76 bits per heavy atom. The van der Waals surface area contributed by atoms with Crippen LogP contribution in [0.5, 0.6) is 5.75 Å². The standard InChI is InChI=1S/C15H13IO/c1-17-15-10-6-13(7-11-15)3-2-12-4-8-14(16)9-5-12/h2-11H,1H3/b3-2+. The lowest BCUT2D eigenvalue weighted by Crippen LogP contribution is -1.81. The lowest BCUT2D eigenvalue weighted by molar-refractivity contribution is 0.415. The summed E-state index contributed by atoms with van der Waals surface area (Å²) in [7, 11) is 1.68. The molecule has 0 atom stereocenters. The first-order valence-electron chi connectivity index (χ1n) is 5.35. The van der Waals surface area contributed by atoms with Crippen molar-refractivity contribution < 1.29 is 4.74 Å². The molecule has 2 aromatic carbocycles. The molecule has 0 radical (unpaired) electrons. The van der Waals surface area contributed by atoms with Crippen LogP contribution in [0.3, 0.4) is 0 Å². The average molecular weight is 336 g/mol. The molecule has 0 unspecified atom stereocenters. The summed E-state index contributed by atoms with van der Waals surface area (Å²) in [5.74, 6) is 0.886. The number of halogens is 1. The molecule has 0 saturated heterocycles. The Balaban J connectivity index is 2.11. The molecule has 86 valence electrons. The van der Waals surface area contributed by atoms with Gasteiger partial charge in [0.2, 0.25) is 0 Å². The predicted octanol–water partition coefficient (Wildman–Crippen LogP) is 4.47. The highest BCUT2D eigenvalue weighted by atomic mass is 127. The Morgan fingerprint density at radius 2 is 1.29 bits per heavy atom. The normalized spacial score (nSPS) is 10.7. The van der Waals surface area contributed by atoms with Gasteiger partial charge in [-0.25, -0.2) is 0 Å². The van der Waals surface area contributed by atoms with Gasteiger partial charge in [0.1, 0.15) is 5.75 Å². The van der Waals surface area contributed by atoms with Crippen LogP contribution in [0.2, 0.25) is 0 Å². The van der Waals surface area contributed by atoms with Gasteiger partial charge in [-0.1, -0.05) is 36.4 Å². The summed E-state index contributed by atoms with van der Waals surface area (Å²) in [5.41, 5.74) is 2.38. The van der Waals surface area contributed by atoms with Crippen molar-refractivity contribution in [3.8, 4) is 5.75 Å². The Labute approximate surface area is 115 Å². The second-order valence-corrected chi connectivity index (χ2v) is 4.90. The minimum absolute atomic E-state index is 0.886. The van der Waals surface area contributed by atoms with Crippen molar-refractivity contribution in [2.75, 3.05) is 7.11 Å². The molecule has 0 spiro atoms. The minimum atomic E-state index is 0.886. The SMILES string of the molecule is COc1ccc(/C=C/c2ccc(I)cc2)cc1. The zero-order valence-electron chi connectivity index (χ0n) is 9.56. The van der Waals surface area contributed by atoms with Crippen LogP contribution >= 0.6 is 22.6 Å². The predicted molar refractivity (Wildman–Crippen MR) is 81.1 cm³/mol. The van der Waals surface area contributed by atoms with Crippen LogP contribution in [-0.2, 0) is 0 Å². The molecule has 0 saturated carbocycles. The first kappa shape index (κ1) is 12.2. The number of rotatable bonds is 3. The van der Waals surface area contributed by atoms with E-state index in [9.17, 15) is 0 Å². The van der Waals surface area contributed by atoms with Crippen molar-refractivity contribution >= 4 is 34.7 Å². The third-order valence-corrected chi connectivity index (χ3v) is 3.17. The highest BCUT2D eigenvalue weighted by Gasteiger charge is 1.91. The fraction of sp³-hybridized carbons (Fsp3) is 0.0667. The van der Waals surface area contributed by atoms with Gasteiger partial charge in [0.25, 0.3) is 0 Å². The lowest BCUT2D eigenvalue weighted by atomic mass is 10.1. The van der Waals surface area contributed by atoms with Crippen molar-refractivity contribution in [1.29, 1.82) is 0 Å². The average Bonchev–Trinajstić information content (AvgIpc) is 2.39. The van der Waals surface area contributed by atoms with E-state index in [0.29, 0.717) is 0 Å². The Hall–Kier alpha value is -1.29. The topological polar surface area (TPSA) is 9.23 Å². The van der Waals surface area contributed by atoms with Crippen LogP contribution in [0.1, 0.15) is 11.1 Å². The third-order valence-electron chi connectivity index (χ3n) is 2.45. The second kappa shape index (κ2) is 5.87. The molecule has 0 aliphatic heterocycles. The molecule has 0 aliphatic rings. The Bertz CT molecular complexity index is 497. The number of hydrogen-bond donors (Lipinski definition) is 0. The van der Waals surface area contributed by atoms with Gasteiger partial charge in [-0.05, 0) is 58.0 Å². The Morgan fingerprint density at radius 1 is 0.824 bits per heavy atom. The quantitative estimate of drug-likeness (QED) is 0.594. The second-order valence-electron chi connectivity index (χ2n) is 3.66. The van der Waals surface area contributed by atoms with Crippen LogP contribution < -0.4 is 4.74 Å². The lowest BCUT2D eigenvalue weighted by Gasteiger charge is -1.99. The molecule has 0 aromatic heterocycles. The van der Waals surface area contributed by atoms with E-state index < -0.39 is 0 Å². The number of ether oxygens (including phenoxy) is 1. The molecule has 0 N–H and O–H groups in total. The van der Waals surface area contributed by atoms with Gasteiger partial charge >= 0.3 is 0 Å². The minimum Gasteiger partial charge on any atom is -0.497 e. The molecule has 2 aromatic rings. The largest absolute Gasteiger partial charge is 0.497 e. The molecule has 2 heteroatoms. The fourth-order valence-electron chi connectivity index (χ4n) is 1.48. The van der Waals surface area contributed by atoms with Gasteiger partial charge in [0, 0.05) is 3.57 Å². The molecular weight excluding hydrogens is 323 g/mol. The van der Waals surface area contributed by atoms with E-state index in [4.69, 9.17) is 4.74 Å². The van der Waals surface area contributed by atoms with E-state index in [1.54, 1.807) is 7.11 Å². The third kappa shape index (κ3) is 3.60. The molecule has 17 heavy (non-hydrogen) atoms. The molecule has 0 amide bonds. The molecular formula is C15H13IO. The van der Waals surface area contributed by atoms with Crippen LogP contribution in [0, 0.1) is 3.57 Å². The van der Waals surface area contributed by atoms with E-state index in [2.05, 4.69) is 59.0 Å². The molecule has 0 fully saturated rings. The molecule has 0 bridgehead atoms. The van der Waals surface area contributed by atoms with E-state index >= 15 is 0 Å². The van der Waals surface area contributed by atoms with E-state index in [-0.39, 0.29) is 0 Å². The van der Waals surface area contributed by atoms with Crippen LogP contribution in [0.4, 0.5) is 0 Å². The van der Waals surface area contributed by atoms with E-state index in [1.165, 1.54) is 14.7 Å². The van der Waals surface area contributed by atoms with Gasteiger partial charge in [-0.2, -0.15) is 0 Å². The highest BCUT2D eigenvalue weighted by molar-refractivity contribution is 14.1. The van der Waals surface area contributed by atoms with Crippen molar-refractivity contribution in [2.45, 2.75) is 0 Å². The number of methoxy groups -OCH3 is 1. The zero-order valence-corrected chi connectivity index (χ0v) is 11.7. The van der Waals surface area contributed by atoms with Crippen molar-refractivity contribution in [3.05, 3.63) is 63.2 Å². The highest BCUT2D eigenvalue weighted by Crippen LogP contribution is 2.14. The monoisotopic (exact) mass is 336 g/mol. The molecule has 1 nitrogen and oxygen atoms in total. The number of hydrogen-bond acceptors (Lipinski definition) is 1. The van der Waals surface area contributed by atoms with Gasteiger partial charge < -0.3 is 4.74 Å². The summed E-state index contributed by atoms with van der Waals surface area (Å²) in [4.78, 5) is 0. The van der Waals surface area contributed by atoms with Crippen molar-refractivity contribution in [2.24, 2.45) is 0 Å². The van der Waals surface area contributed by atoms with E-state index in [1.807, 2.05) is 24.3 Å². The first-order valence-corrected chi connectivity index (χ1v) is 6.43. The van der Waals surface area contributed by atoms with Crippen molar-refractivity contribution in [3.63, 3.8) is 0 Å². The summed E-state index contributed by atoms with van der Waals surface area (Å²) in [6.07, 6.45) is 4.21.